The van der Waals surface area contributed by atoms with Crippen LogP contribution in [0, 0.1) is 12.8 Å². The molecule has 0 saturated heterocycles. The first kappa shape index (κ1) is 12.8. The minimum absolute atomic E-state index is 0.385. The van der Waals surface area contributed by atoms with Crippen molar-refractivity contribution in [3.05, 3.63) is 18.2 Å². The van der Waals surface area contributed by atoms with E-state index in [4.69, 9.17) is 0 Å². The molecule has 18 heavy (non-hydrogen) atoms. The van der Waals surface area contributed by atoms with E-state index in [0.29, 0.717) is 12.0 Å². The number of fused-ring (bicyclic) bond motifs is 1. The summed E-state index contributed by atoms with van der Waals surface area (Å²) in [5.74, 6) is 2.35. The zero-order valence-electron chi connectivity index (χ0n) is 11.5. The number of hydrogen-bond acceptors (Lipinski definition) is 4. The summed E-state index contributed by atoms with van der Waals surface area (Å²) in [6, 6.07) is 0.385. The van der Waals surface area contributed by atoms with Crippen molar-refractivity contribution in [2.75, 3.05) is 5.32 Å². The molecule has 5 heteroatoms. The minimum atomic E-state index is 0.385. The van der Waals surface area contributed by atoms with E-state index >= 15 is 0 Å². The number of aryl methyl sites for hydroxylation is 1. The third-order valence-electron chi connectivity index (χ3n) is 3.62. The molecular weight excluding hydrogens is 226 g/mol. The number of anilines is 1. The summed E-state index contributed by atoms with van der Waals surface area (Å²) in [5.41, 5.74) is 0.799. The summed E-state index contributed by atoms with van der Waals surface area (Å²) < 4.78 is 1.95. The first-order valence-corrected chi connectivity index (χ1v) is 6.60. The Morgan fingerprint density at radius 1 is 1.28 bits per heavy atom. The van der Waals surface area contributed by atoms with Gasteiger partial charge in [-0.1, -0.05) is 26.7 Å². The molecule has 2 aromatic heterocycles. The van der Waals surface area contributed by atoms with Crippen LogP contribution in [0.15, 0.2) is 12.4 Å². The van der Waals surface area contributed by atoms with Crippen molar-refractivity contribution in [3.8, 4) is 0 Å². The highest BCUT2D eigenvalue weighted by Gasteiger charge is 2.16. The van der Waals surface area contributed by atoms with Crippen LogP contribution in [0.3, 0.4) is 0 Å². The molecule has 5 nitrogen and oxygen atoms in total. The maximum atomic E-state index is 4.38. The van der Waals surface area contributed by atoms with E-state index < -0.39 is 0 Å². The van der Waals surface area contributed by atoms with E-state index in [1.54, 1.807) is 6.20 Å². The molecule has 0 fully saturated rings. The SMILES string of the molecule is CCC(CC)C(C)Nc1nccn2c(C)nnc12. The lowest BCUT2D eigenvalue weighted by molar-refractivity contribution is 0.437. The summed E-state index contributed by atoms with van der Waals surface area (Å²) in [6.07, 6.45) is 6.00. The van der Waals surface area contributed by atoms with Crippen LogP contribution in [0.25, 0.3) is 5.65 Å². The Labute approximate surface area is 108 Å². The standard InChI is InChI=1S/C13H21N5/c1-5-11(6-2)9(3)15-12-13-17-16-10(4)18(13)8-7-14-12/h7-9,11H,5-6H2,1-4H3,(H,14,15). The third kappa shape index (κ3) is 2.30. The first-order valence-electron chi connectivity index (χ1n) is 6.60. The Morgan fingerprint density at radius 2 is 2.00 bits per heavy atom. The highest BCUT2D eigenvalue weighted by Crippen LogP contribution is 2.19. The van der Waals surface area contributed by atoms with Crippen molar-refractivity contribution in [2.45, 2.75) is 46.6 Å². The Balaban J connectivity index is 2.26. The first-order chi connectivity index (χ1) is 8.67. The molecule has 2 heterocycles. The summed E-state index contributed by atoms with van der Waals surface area (Å²) in [4.78, 5) is 4.38. The normalized spacial score (nSPS) is 13.2. The van der Waals surface area contributed by atoms with Gasteiger partial charge in [-0.2, -0.15) is 0 Å². The van der Waals surface area contributed by atoms with Gasteiger partial charge in [-0.15, -0.1) is 10.2 Å². The van der Waals surface area contributed by atoms with Crippen molar-refractivity contribution in [2.24, 2.45) is 5.92 Å². The van der Waals surface area contributed by atoms with Crippen molar-refractivity contribution in [3.63, 3.8) is 0 Å². The van der Waals surface area contributed by atoms with Crippen molar-refractivity contribution in [1.82, 2.24) is 19.6 Å². The van der Waals surface area contributed by atoms with Gasteiger partial charge < -0.3 is 5.32 Å². The lowest BCUT2D eigenvalue weighted by atomic mass is 9.95. The van der Waals surface area contributed by atoms with Crippen molar-refractivity contribution >= 4 is 11.5 Å². The molecule has 2 aromatic rings. The molecule has 1 unspecified atom stereocenters. The average Bonchev–Trinajstić information content (AvgIpc) is 2.74. The quantitative estimate of drug-likeness (QED) is 0.882. The van der Waals surface area contributed by atoms with E-state index in [1.807, 2.05) is 17.5 Å². The fourth-order valence-electron chi connectivity index (χ4n) is 2.37. The van der Waals surface area contributed by atoms with Crippen LogP contribution < -0.4 is 5.32 Å². The lowest BCUT2D eigenvalue weighted by Crippen LogP contribution is -2.25. The van der Waals surface area contributed by atoms with E-state index in [9.17, 15) is 0 Å². The molecule has 0 radical (unpaired) electrons. The number of hydrogen-bond donors (Lipinski definition) is 1. The predicted octanol–water partition coefficient (Wildman–Crippen LogP) is 2.67. The zero-order chi connectivity index (χ0) is 13.1. The van der Waals surface area contributed by atoms with Gasteiger partial charge in [0.25, 0.3) is 0 Å². The van der Waals surface area contributed by atoms with Gasteiger partial charge in [0.1, 0.15) is 5.82 Å². The van der Waals surface area contributed by atoms with Gasteiger partial charge in [0.15, 0.2) is 5.82 Å². The Bertz CT molecular complexity index is 515. The van der Waals surface area contributed by atoms with Crippen LogP contribution in [-0.4, -0.2) is 25.6 Å². The molecule has 0 spiro atoms. The van der Waals surface area contributed by atoms with Crippen LogP contribution in [-0.2, 0) is 0 Å². The monoisotopic (exact) mass is 247 g/mol. The second-order valence-electron chi connectivity index (χ2n) is 4.73. The molecular formula is C13H21N5. The van der Waals surface area contributed by atoms with Gasteiger partial charge in [0.05, 0.1) is 0 Å². The number of rotatable bonds is 5. The van der Waals surface area contributed by atoms with Crippen molar-refractivity contribution in [1.29, 1.82) is 0 Å². The van der Waals surface area contributed by atoms with Crippen LogP contribution >= 0.6 is 0 Å². The van der Waals surface area contributed by atoms with Crippen LogP contribution in [0.4, 0.5) is 5.82 Å². The molecule has 1 atom stereocenters. The summed E-state index contributed by atoms with van der Waals surface area (Å²) in [6.45, 7) is 8.59. The van der Waals surface area contributed by atoms with Gasteiger partial charge in [0, 0.05) is 18.4 Å². The van der Waals surface area contributed by atoms with E-state index in [1.165, 1.54) is 12.8 Å². The number of nitrogens with zero attached hydrogens (tertiary/aromatic N) is 4. The molecule has 0 aliphatic carbocycles. The molecule has 1 N–H and O–H groups in total. The fraction of sp³-hybridized carbons (Fsp3) is 0.615. The van der Waals surface area contributed by atoms with Crippen molar-refractivity contribution < 1.29 is 0 Å². The Hall–Kier alpha value is -1.65. The van der Waals surface area contributed by atoms with E-state index in [2.05, 4.69) is 41.3 Å². The smallest absolute Gasteiger partial charge is 0.203 e. The minimum Gasteiger partial charge on any atom is -0.364 e. The predicted molar refractivity (Wildman–Crippen MR) is 72.7 cm³/mol. The van der Waals surface area contributed by atoms with Crippen LogP contribution in [0.2, 0.25) is 0 Å². The highest BCUT2D eigenvalue weighted by atomic mass is 15.3. The second kappa shape index (κ2) is 5.33. The zero-order valence-corrected chi connectivity index (χ0v) is 11.5. The molecule has 0 amide bonds. The van der Waals surface area contributed by atoms with Crippen LogP contribution in [0.5, 0.6) is 0 Å². The number of aromatic nitrogens is 4. The second-order valence-corrected chi connectivity index (χ2v) is 4.73. The van der Waals surface area contributed by atoms with Gasteiger partial charge in [-0.3, -0.25) is 4.40 Å². The highest BCUT2D eigenvalue weighted by molar-refractivity contribution is 5.62. The summed E-state index contributed by atoms with van der Waals surface area (Å²) >= 11 is 0. The average molecular weight is 247 g/mol. The number of nitrogens with one attached hydrogen (secondary N) is 1. The third-order valence-corrected chi connectivity index (χ3v) is 3.62. The molecule has 0 saturated carbocycles. The Morgan fingerprint density at radius 3 is 2.67 bits per heavy atom. The molecule has 98 valence electrons. The molecule has 0 aliphatic heterocycles. The molecule has 0 bridgehead atoms. The maximum absolute atomic E-state index is 4.38. The van der Waals surface area contributed by atoms with Gasteiger partial charge in [-0.25, -0.2) is 4.98 Å². The van der Waals surface area contributed by atoms with Gasteiger partial charge >= 0.3 is 0 Å². The molecule has 0 aliphatic rings. The fourth-order valence-corrected chi connectivity index (χ4v) is 2.37. The maximum Gasteiger partial charge on any atom is 0.203 e. The van der Waals surface area contributed by atoms with Gasteiger partial charge in [0.2, 0.25) is 5.65 Å². The molecule has 0 aromatic carbocycles. The summed E-state index contributed by atoms with van der Waals surface area (Å²) in [5, 5.41) is 11.7. The van der Waals surface area contributed by atoms with Gasteiger partial charge in [-0.05, 0) is 19.8 Å². The molecule has 2 rings (SSSR count). The largest absolute Gasteiger partial charge is 0.364 e. The topological polar surface area (TPSA) is 55.1 Å². The Kier molecular flexibility index (Phi) is 3.79. The summed E-state index contributed by atoms with van der Waals surface area (Å²) in [7, 11) is 0. The van der Waals surface area contributed by atoms with E-state index in [-0.39, 0.29) is 0 Å². The lowest BCUT2D eigenvalue weighted by Gasteiger charge is -2.22. The van der Waals surface area contributed by atoms with Crippen LogP contribution in [0.1, 0.15) is 39.4 Å². The van der Waals surface area contributed by atoms with E-state index in [0.717, 1.165) is 17.3 Å².